The SMILES string of the molecule is CC1C=C(Nc2ncc(Cl)c(Nc3cn(C)nc3S(=O)(=O)C(C)C)n2)C(OC2CC2)=CC1C1CCC(N(C)C)CC1. The average molecular weight is 604 g/mol. The minimum Gasteiger partial charge on any atom is -0.489 e. The van der Waals surface area contributed by atoms with Crippen LogP contribution in [0.3, 0.4) is 0 Å². The number of ether oxygens (including phenoxy) is 1. The number of nitrogens with one attached hydrogen (secondary N) is 2. The van der Waals surface area contributed by atoms with Gasteiger partial charge in [0.1, 0.15) is 10.8 Å². The Balaban J connectivity index is 1.36. The predicted octanol–water partition coefficient (Wildman–Crippen LogP) is 5.53. The van der Waals surface area contributed by atoms with Gasteiger partial charge in [0.25, 0.3) is 0 Å². The zero-order chi connectivity index (χ0) is 29.5. The van der Waals surface area contributed by atoms with Gasteiger partial charge in [-0.25, -0.2) is 13.4 Å². The minimum atomic E-state index is -3.63. The molecule has 2 N–H and O–H groups in total. The minimum absolute atomic E-state index is 0.0447. The Bertz CT molecular complexity index is 1420. The van der Waals surface area contributed by atoms with E-state index in [2.05, 4.69) is 63.8 Å². The van der Waals surface area contributed by atoms with Crippen LogP contribution in [0.5, 0.6) is 0 Å². The quantitative estimate of drug-likeness (QED) is 0.361. The van der Waals surface area contributed by atoms with Gasteiger partial charge in [-0.1, -0.05) is 24.6 Å². The van der Waals surface area contributed by atoms with Gasteiger partial charge in [-0.15, -0.1) is 0 Å². The molecule has 0 spiro atoms. The van der Waals surface area contributed by atoms with Crippen LogP contribution in [0.15, 0.2) is 41.0 Å². The molecule has 0 radical (unpaired) electrons. The second-order valence-electron chi connectivity index (χ2n) is 12.2. The Morgan fingerprint density at radius 1 is 1.10 bits per heavy atom. The molecule has 2 atom stereocenters. The maximum atomic E-state index is 12.9. The molecule has 0 amide bonds. The summed E-state index contributed by atoms with van der Waals surface area (Å²) < 4.78 is 33.6. The first-order valence-electron chi connectivity index (χ1n) is 14.5. The summed E-state index contributed by atoms with van der Waals surface area (Å²) in [6, 6.07) is 0.669. The molecule has 2 saturated carbocycles. The summed E-state index contributed by atoms with van der Waals surface area (Å²) >= 11 is 6.44. The first kappa shape index (κ1) is 29.8. The first-order chi connectivity index (χ1) is 19.4. The molecule has 3 aliphatic carbocycles. The van der Waals surface area contributed by atoms with E-state index in [9.17, 15) is 8.42 Å². The summed E-state index contributed by atoms with van der Waals surface area (Å²) in [5.41, 5.74) is 1.16. The van der Waals surface area contributed by atoms with E-state index in [0.717, 1.165) is 24.3 Å². The average Bonchev–Trinajstić information content (AvgIpc) is 3.66. The molecular formula is C29H42ClN7O3S. The number of halogens is 1. The molecule has 10 nitrogen and oxygen atoms in total. The molecule has 5 rings (SSSR count). The molecule has 2 unspecified atom stereocenters. The second kappa shape index (κ2) is 11.9. The maximum Gasteiger partial charge on any atom is 0.229 e. The van der Waals surface area contributed by atoms with Crippen molar-refractivity contribution in [1.29, 1.82) is 0 Å². The van der Waals surface area contributed by atoms with Crippen molar-refractivity contribution < 1.29 is 13.2 Å². The van der Waals surface area contributed by atoms with Gasteiger partial charge in [0, 0.05) is 19.3 Å². The number of hydrogen-bond acceptors (Lipinski definition) is 9. The van der Waals surface area contributed by atoms with E-state index in [1.165, 1.54) is 36.6 Å². The molecule has 2 fully saturated rings. The number of rotatable bonds is 10. The van der Waals surface area contributed by atoms with Crippen molar-refractivity contribution in [3.05, 3.63) is 41.0 Å². The van der Waals surface area contributed by atoms with Crippen molar-refractivity contribution in [2.24, 2.45) is 24.8 Å². The van der Waals surface area contributed by atoms with Crippen molar-refractivity contribution >= 4 is 38.9 Å². The van der Waals surface area contributed by atoms with Crippen molar-refractivity contribution in [3.8, 4) is 0 Å². The van der Waals surface area contributed by atoms with Crippen LogP contribution in [0.2, 0.25) is 5.02 Å². The van der Waals surface area contributed by atoms with Crippen LogP contribution in [0.25, 0.3) is 0 Å². The summed E-state index contributed by atoms with van der Waals surface area (Å²) in [5, 5.41) is 10.2. The molecule has 0 bridgehead atoms. The zero-order valence-electron chi connectivity index (χ0n) is 24.8. The maximum absolute atomic E-state index is 12.9. The van der Waals surface area contributed by atoms with E-state index in [0.29, 0.717) is 35.4 Å². The number of hydrogen-bond donors (Lipinski definition) is 2. The number of aromatic nitrogens is 4. The smallest absolute Gasteiger partial charge is 0.229 e. The highest BCUT2D eigenvalue weighted by Gasteiger charge is 2.35. The monoisotopic (exact) mass is 603 g/mol. The molecule has 41 heavy (non-hydrogen) atoms. The van der Waals surface area contributed by atoms with Crippen molar-refractivity contribution in [3.63, 3.8) is 0 Å². The number of sulfone groups is 1. The van der Waals surface area contributed by atoms with E-state index in [-0.39, 0.29) is 22.0 Å². The van der Waals surface area contributed by atoms with Crippen LogP contribution in [-0.4, -0.2) is 64.6 Å². The third-order valence-corrected chi connectivity index (χ3v) is 10.8. The molecule has 0 aromatic carbocycles. The normalized spacial score (nSPS) is 25.2. The van der Waals surface area contributed by atoms with Gasteiger partial charge in [0.05, 0.1) is 28.9 Å². The van der Waals surface area contributed by atoms with Crippen molar-refractivity contribution in [1.82, 2.24) is 24.6 Å². The molecule has 3 aliphatic rings. The molecule has 224 valence electrons. The molecule has 2 aromatic rings. The van der Waals surface area contributed by atoms with Crippen molar-refractivity contribution in [2.75, 3.05) is 24.7 Å². The van der Waals surface area contributed by atoms with Gasteiger partial charge in [0.2, 0.25) is 20.8 Å². The van der Waals surface area contributed by atoms with Crippen LogP contribution in [-0.2, 0) is 21.6 Å². The largest absolute Gasteiger partial charge is 0.489 e. The fraction of sp³-hybridized carbons (Fsp3) is 0.621. The van der Waals surface area contributed by atoms with Gasteiger partial charge in [-0.2, -0.15) is 10.1 Å². The highest BCUT2D eigenvalue weighted by Crippen LogP contribution is 2.42. The number of allylic oxidation sites excluding steroid dienone is 2. The Labute approximate surface area is 248 Å². The third kappa shape index (κ3) is 6.73. The van der Waals surface area contributed by atoms with Crippen LogP contribution < -0.4 is 10.6 Å². The summed E-state index contributed by atoms with van der Waals surface area (Å²) in [4.78, 5) is 11.4. The second-order valence-corrected chi connectivity index (χ2v) is 15.0. The Kier molecular flexibility index (Phi) is 8.69. The van der Waals surface area contributed by atoms with Crippen LogP contribution in [0.4, 0.5) is 17.5 Å². The lowest BCUT2D eigenvalue weighted by Gasteiger charge is -2.38. The highest BCUT2D eigenvalue weighted by atomic mass is 35.5. The van der Waals surface area contributed by atoms with E-state index in [1.807, 2.05) is 0 Å². The van der Waals surface area contributed by atoms with E-state index in [4.69, 9.17) is 16.3 Å². The summed E-state index contributed by atoms with van der Waals surface area (Å²) in [6.45, 7) is 5.52. The van der Waals surface area contributed by atoms with Crippen LogP contribution >= 0.6 is 11.6 Å². The summed E-state index contributed by atoms with van der Waals surface area (Å²) in [5.74, 6) is 2.86. The van der Waals surface area contributed by atoms with Gasteiger partial charge in [-0.05, 0) is 90.3 Å². The molecule has 0 saturated heterocycles. The first-order valence-corrected chi connectivity index (χ1v) is 16.5. The highest BCUT2D eigenvalue weighted by molar-refractivity contribution is 7.92. The lowest BCUT2D eigenvalue weighted by atomic mass is 9.71. The topological polar surface area (TPSA) is 114 Å². The van der Waals surface area contributed by atoms with E-state index >= 15 is 0 Å². The predicted molar refractivity (Wildman–Crippen MR) is 162 cm³/mol. The fourth-order valence-corrected chi connectivity index (χ4v) is 7.00. The summed E-state index contributed by atoms with van der Waals surface area (Å²) in [6.07, 6.45) is 14.9. The fourth-order valence-electron chi connectivity index (χ4n) is 5.76. The lowest BCUT2D eigenvalue weighted by Crippen LogP contribution is -2.35. The van der Waals surface area contributed by atoms with Crippen LogP contribution in [0.1, 0.15) is 59.3 Å². The van der Waals surface area contributed by atoms with E-state index < -0.39 is 15.1 Å². The standard InChI is InChI=1S/C29H42ClN7O3S/c1-17(2)41(38,39)28-25(16-37(6)35-28)32-27-23(30)15-31-29(34-27)33-24-13-18(3)22(14-26(24)40-21-11-12-21)19-7-9-20(10-8-19)36(4)5/h13-22H,7-12H2,1-6H3,(H2,31,32,33,34). The summed E-state index contributed by atoms with van der Waals surface area (Å²) in [7, 11) is 2.41. The Morgan fingerprint density at radius 3 is 2.44 bits per heavy atom. The molecular weight excluding hydrogens is 562 g/mol. The number of anilines is 3. The van der Waals surface area contributed by atoms with E-state index in [1.54, 1.807) is 27.1 Å². The molecule has 0 aliphatic heterocycles. The van der Waals surface area contributed by atoms with Gasteiger partial charge < -0.3 is 20.3 Å². The Hall–Kier alpha value is -2.63. The Morgan fingerprint density at radius 2 is 1.80 bits per heavy atom. The molecule has 2 heterocycles. The van der Waals surface area contributed by atoms with Gasteiger partial charge >= 0.3 is 0 Å². The number of aryl methyl sites for hydroxylation is 1. The van der Waals surface area contributed by atoms with Crippen molar-refractivity contribution in [2.45, 2.75) is 81.7 Å². The van der Waals surface area contributed by atoms with Gasteiger partial charge in [0.15, 0.2) is 5.82 Å². The molecule has 2 aromatic heterocycles. The lowest BCUT2D eigenvalue weighted by molar-refractivity contribution is 0.151. The van der Waals surface area contributed by atoms with Gasteiger partial charge in [-0.3, -0.25) is 4.68 Å². The molecule has 12 heteroatoms. The zero-order valence-corrected chi connectivity index (χ0v) is 26.3. The number of nitrogens with zero attached hydrogens (tertiary/aromatic N) is 5. The van der Waals surface area contributed by atoms with Crippen LogP contribution in [0, 0.1) is 17.8 Å². The third-order valence-electron chi connectivity index (χ3n) is 8.41.